The Hall–Kier alpha value is -2.88. The number of benzene rings is 1. The molecule has 4 heteroatoms. The fourth-order valence-corrected chi connectivity index (χ4v) is 2.83. The molecule has 25 heavy (non-hydrogen) atoms. The number of aryl methyl sites for hydroxylation is 1. The number of furan rings is 1. The number of aromatic nitrogens is 1. The quantitative estimate of drug-likeness (QED) is 0.646. The first-order valence-electron chi connectivity index (χ1n) is 8.51. The Morgan fingerprint density at radius 3 is 2.48 bits per heavy atom. The van der Waals surface area contributed by atoms with Crippen LogP contribution in [0.5, 0.6) is 0 Å². The molecule has 0 bridgehead atoms. The van der Waals surface area contributed by atoms with Crippen molar-refractivity contribution < 1.29 is 9.21 Å². The lowest BCUT2D eigenvalue weighted by molar-refractivity contribution is 0.0634. The molecular formula is C21H22N2O2. The topological polar surface area (TPSA) is 46.3 Å². The van der Waals surface area contributed by atoms with Gasteiger partial charge < -0.3 is 9.32 Å². The van der Waals surface area contributed by atoms with E-state index in [4.69, 9.17) is 4.42 Å². The summed E-state index contributed by atoms with van der Waals surface area (Å²) in [5.41, 5.74) is 2.34. The average molecular weight is 334 g/mol. The molecule has 2 heterocycles. The first-order chi connectivity index (χ1) is 12.2. The van der Waals surface area contributed by atoms with E-state index in [1.54, 1.807) is 24.5 Å². The molecule has 0 N–H and O–H groups in total. The largest absolute Gasteiger partial charge is 0.459 e. The van der Waals surface area contributed by atoms with Crippen molar-refractivity contribution in [3.8, 4) is 0 Å². The predicted octanol–water partition coefficient (Wildman–Crippen LogP) is 4.34. The van der Waals surface area contributed by atoms with E-state index < -0.39 is 0 Å². The fraction of sp³-hybridized carbons (Fsp3) is 0.238. The van der Waals surface area contributed by atoms with Crippen molar-refractivity contribution in [2.45, 2.75) is 32.4 Å². The molecule has 0 unspecified atom stereocenters. The monoisotopic (exact) mass is 334 g/mol. The number of carbonyl (C=O) groups is 1. The molecule has 2 aromatic heterocycles. The summed E-state index contributed by atoms with van der Waals surface area (Å²) in [6.07, 6.45) is 6.85. The third-order valence-corrected chi connectivity index (χ3v) is 4.32. The van der Waals surface area contributed by atoms with Crippen molar-refractivity contribution in [2.24, 2.45) is 0 Å². The van der Waals surface area contributed by atoms with Gasteiger partial charge in [-0.15, -0.1) is 0 Å². The molecule has 0 saturated carbocycles. The number of amides is 1. The number of carbonyl (C=O) groups excluding carboxylic acids is 1. The number of pyridine rings is 1. The van der Waals surface area contributed by atoms with Crippen LogP contribution in [0.2, 0.25) is 0 Å². The second-order valence-corrected chi connectivity index (χ2v) is 6.14. The van der Waals surface area contributed by atoms with Crippen LogP contribution in [0.25, 0.3) is 0 Å². The summed E-state index contributed by atoms with van der Waals surface area (Å²) in [5.74, 6) is 0.294. The van der Waals surface area contributed by atoms with Gasteiger partial charge in [0.2, 0.25) is 0 Å². The van der Waals surface area contributed by atoms with Crippen molar-refractivity contribution in [2.75, 3.05) is 0 Å². The van der Waals surface area contributed by atoms with Gasteiger partial charge in [0.1, 0.15) is 0 Å². The minimum absolute atomic E-state index is 0.0811. The van der Waals surface area contributed by atoms with Crippen LogP contribution in [0, 0.1) is 0 Å². The maximum atomic E-state index is 12.9. The maximum absolute atomic E-state index is 12.9. The SMILES string of the molecule is C[C@H](CCc1ccccc1)N(Cc1ccncc1)C(=O)c1ccco1. The molecule has 1 amide bonds. The number of hydrogen-bond acceptors (Lipinski definition) is 3. The molecule has 1 atom stereocenters. The van der Waals surface area contributed by atoms with E-state index in [1.807, 2.05) is 35.2 Å². The third-order valence-electron chi connectivity index (χ3n) is 4.32. The lowest BCUT2D eigenvalue weighted by Gasteiger charge is -2.29. The summed E-state index contributed by atoms with van der Waals surface area (Å²) in [5, 5.41) is 0. The molecule has 0 radical (unpaired) electrons. The standard InChI is InChI=1S/C21H22N2O2/c1-17(9-10-18-6-3-2-4-7-18)23(16-19-11-13-22-14-12-19)21(24)20-8-5-15-25-20/h2-8,11-15,17H,9-10,16H2,1H3/t17-/m1/s1. The molecule has 0 fully saturated rings. The second kappa shape index (κ2) is 8.29. The Labute approximate surface area is 148 Å². The van der Waals surface area contributed by atoms with Gasteiger partial charge in [-0.2, -0.15) is 0 Å². The number of hydrogen-bond donors (Lipinski definition) is 0. The molecule has 0 aliphatic heterocycles. The molecule has 128 valence electrons. The van der Waals surface area contributed by atoms with Crippen LogP contribution in [0.3, 0.4) is 0 Å². The van der Waals surface area contributed by atoms with Crippen molar-refractivity contribution in [3.63, 3.8) is 0 Å². The molecule has 0 aliphatic rings. The van der Waals surface area contributed by atoms with Gasteiger partial charge in [-0.05, 0) is 55.2 Å². The van der Waals surface area contributed by atoms with Gasteiger partial charge in [0.25, 0.3) is 5.91 Å². The summed E-state index contributed by atoms with van der Waals surface area (Å²) < 4.78 is 5.32. The van der Waals surface area contributed by atoms with Crippen molar-refractivity contribution >= 4 is 5.91 Å². The number of nitrogens with zero attached hydrogens (tertiary/aromatic N) is 2. The Morgan fingerprint density at radius 2 is 1.80 bits per heavy atom. The minimum Gasteiger partial charge on any atom is -0.459 e. The smallest absolute Gasteiger partial charge is 0.290 e. The van der Waals surface area contributed by atoms with E-state index >= 15 is 0 Å². The third kappa shape index (κ3) is 4.57. The van der Waals surface area contributed by atoms with Crippen LogP contribution >= 0.6 is 0 Å². The highest BCUT2D eigenvalue weighted by atomic mass is 16.3. The van der Waals surface area contributed by atoms with E-state index in [2.05, 4.69) is 24.0 Å². The van der Waals surface area contributed by atoms with E-state index in [0.717, 1.165) is 18.4 Å². The van der Waals surface area contributed by atoms with Gasteiger partial charge in [-0.3, -0.25) is 9.78 Å². The van der Waals surface area contributed by atoms with Gasteiger partial charge in [0, 0.05) is 25.0 Å². The molecule has 0 aliphatic carbocycles. The summed E-state index contributed by atoms with van der Waals surface area (Å²) in [6.45, 7) is 2.63. The highest BCUT2D eigenvalue weighted by molar-refractivity contribution is 5.91. The molecule has 3 aromatic rings. The zero-order valence-corrected chi connectivity index (χ0v) is 14.3. The highest BCUT2D eigenvalue weighted by Crippen LogP contribution is 2.17. The highest BCUT2D eigenvalue weighted by Gasteiger charge is 2.23. The van der Waals surface area contributed by atoms with Crippen molar-refractivity contribution in [1.29, 1.82) is 0 Å². The van der Waals surface area contributed by atoms with Crippen LogP contribution in [-0.4, -0.2) is 21.8 Å². The van der Waals surface area contributed by atoms with Crippen LogP contribution in [-0.2, 0) is 13.0 Å². The van der Waals surface area contributed by atoms with Crippen LogP contribution in [0.4, 0.5) is 0 Å². The lowest BCUT2D eigenvalue weighted by atomic mass is 10.0. The Balaban J connectivity index is 1.73. The molecule has 1 aromatic carbocycles. The van der Waals surface area contributed by atoms with E-state index in [-0.39, 0.29) is 11.9 Å². The lowest BCUT2D eigenvalue weighted by Crippen LogP contribution is -2.38. The van der Waals surface area contributed by atoms with Gasteiger partial charge in [-0.25, -0.2) is 0 Å². The van der Waals surface area contributed by atoms with E-state index in [9.17, 15) is 4.79 Å². The predicted molar refractivity (Wildman–Crippen MR) is 97.0 cm³/mol. The number of rotatable bonds is 7. The van der Waals surface area contributed by atoms with Gasteiger partial charge in [-0.1, -0.05) is 30.3 Å². The van der Waals surface area contributed by atoms with Gasteiger partial charge >= 0.3 is 0 Å². The summed E-state index contributed by atoms with van der Waals surface area (Å²) in [7, 11) is 0. The van der Waals surface area contributed by atoms with Gasteiger partial charge in [0.15, 0.2) is 5.76 Å². The summed E-state index contributed by atoms with van der Waals surface area (Å²) >= 11 is 0. The Kier molecular flexibility index (Phi) is 5.62. The average Bonchev–Trinajstić information content (AvgIpc) is 3.20. The zero-order valence-electron chi connectivity index (χ0n) is 14.3. The maximum Gasteiger partial charge on any atom is 0.290 e. The van der Waals surface area contributed by atoms with Crippen molar-refractivity contribution in [3.05, 3.63) is 90.1 Å². The minimum atomic E-state index is -0.0811. The zero-order chi connectivity index (χ0) is 17.5. The first-order valence-corrected chi connectivity index (χ1v) is 8.51. The van der Waals surface area contributed by atoms with Gasteiger partial charge in [0.05, 0.1) is 6.26 Å². The Bertz CT molecular complexity index is 770. The summed E-state index contributed by atoms with van der Waals surface area (Å²) in [6, 6.07) is 17.8. The van der Waals surface area contributed by atoms with Crippen LogP contribution in [0.15, 0.2) is 77.7 Å². The molecule has 0 saturated heterocycles. The fourth-order valence-electron chi connectivity index (χ4n) is 2.83. The second-order valence-electron chi connectivity index (χ2n) is 6.14. The Morgan fingerprint density at radius 1 is 1.04 bits per heavy atom. The first kappa shape index (κ1) is 17.0. The molecule has 4 nitrogen and oxygen atoms in total. The molecule has 3 rings (SSSR count). The van der Waals surface area contributed by atoms with E-state index in [1.165, 1.54) is 11.8 Å². The summed E-state index contributed by atoms with van der Waals surface area (Å²) in [4.78, 5) is 18.8. The van der Waals surface area contributed by atoms with E-state index in [0.29, 0.717) is 12.3 Å². The normalized spacial score (nSPS) is 11.9. The van der Waals surface area contributed by atoms with Crippen LogP contribution in [0.1, 0.15) is 35.0 Å². The van der Waals surface area contributed by atoms with Crippen molar-refractivity contribution in [1.82, 2.24) is 9.88 Å². The van der Waals surface area contributed by atoms with Crippen LogP contribution < -0.4 is 0 Å². The molecular weight excluding hydrogens is 312 g/mol. The molecule has 0 spiro atoms.